The van der Waals surface area contributed by atoms with Crippen LogP contribution in [-0.4, -0.2) is 122 Å². The van der Waals surface area contributed by atoms with E-state index >= 15 is 0 Å². The number of hydrogen-bond donors (Lipinski definition) is 1. The molecule has 1 aliphatic carbocycles. The van der Waals surface area contributed by atoms with Gasteiger partial charge in [-0.1, -0.05) is 42.5 Å². The van der Waals surface area contributed by atoms with Gasteiger partial charge in [0.2, 0.25) is 0 Å². The summed E-state index contributed by atoms with van der Waals surface area (Å²) in [6.07, 6.45) is -3.54. The molecule has 2 rings (SSSR count). The maximum atomic E-state index is 13.2. The molecule has 0 amide bonds. The predicted molar refractivity (Wildman–Crippen MR) is 227 cm³/mol. The fourth-order valence-corrected chi connectivity index (χ4v) is 6.76. The average molecular weight is 923 g/mol. The van der Waals surface area contributed by atoms with Crippen LogP contribution in [0.3, 0.4) is 0 Å². The number of unbranched alkanes of at least 4 members (excludes halogenated alkanes) is 1. The lowest BCUT2D eigenvalue weighted by Gasteiger charge is -2.26. The van der Waals surface area contributed by atoms with Crippen molar-refractivity contribution < 1.29 is 90.8 Å². The molecule has 0 spiro atoms. The summed E-state index contributed by atoms with van der Waals surface area (Å²) in [4.78, 5) is 99.6. The summed E-state index contributed by atoms with van der Waals surface area (Å²) < 4.78 is 51.2. The zero-order chi connectivity index (χ0) is 48.6. The standard InChI is InChI=1S/C46H66O19/c1-27(2)58-40(49)20-16-11-10-15-19-36-37(24-23-35(48)22-21-34-17-13-12-14-18-34)39(25-38(36)64-33(8)47)65-46(55)63-32(7)45(54)62-31(6)44(53)61-30(5)43(52)60-29(4)42(51)59-28(3)41(50)57-26-56-9/h10,12-15,17-18,27-32,35-39,48H,11,16,19-26H2,1-9H3/b15-10-/t28?,29?,30?,31?,32?,35-,36+,37+,38-,39+/m0/s1. The molecule has 0 radical (unpaired) electrons. The highest BCUT2D eigenvalue weighted by molar-refractivity contribution is 5.86. The lowest BCUT2D eigenvalue weighted by Crippen LogP contribution is -2.38. The van der Waals surface area contributed by atoms with Crippen LogP contribution < -0.4 is 0 Å². The van der Waals surface area contributed by atoms with E-state index in [4.69, 9.17) is 37.9 Å². The van der Waals surface area contributed by atoms with Crippen LogP contribution in [0.4, 0.5) is 4.79 Å². The van der Waals surface area contributed by atoms with Crippen molar-refractivity contribution in [1.29, 1.82) is 0 Å². The molecular weight excluding hydrogens is 856 g/mol. The highest BCUT2D eigenvalue weighted by atomic mass is 16.7. The Morgan fingerprint density at radius 2 is 1.18 bits per heavy atom. The Labute approximate surface area is 380 Å². The van der Waals surface area contributed by atoms with Crippen LogP contribution in [-0.2, 0) is 87.4 Å². The second-order valence-corrected chi connectivity index (χ2v) is 16.0. The Morgan fingerprint density at radius 3 is 1.71 bits per heavy atom. The van der Waals surface area contributed by atoms with Gasteiger partial charge >= 0.3 is 47.9 Å². The van der Waals surface area contributed by atoms with Gasteiger partial charge in [0.25, 0.3) is 0 Å². The number of aliphatic hydroxyl groups excluding tert-OH is 1. The fourth-order valence-electron chi connectivity index (χ4n) is 6.76. The van der Waals surface area contributed by atoms with E-state index in [0.29, 0.717) is 44.9 Å². The van der Waals surface area contributed by atoms with Gasteiger partial charge in [-0.05, 0) is 99.0 Å². The number of hydrogen-bond acceptors (Lipinski definition) is 19. The topological polar surface area (TPSA) is 249 Å². The van der Waals surface area contributed by atoms with Crippen LogP contribution in [0.2, 0.25) is 0 Å². The molecule has 1 aliphatic rings. The molecule has 10 atom stereocenters. The maximum Gasteiger partial charge on any atom is 0.509 e. The highest BCUT2D eigenvalue weighted by Crippen LogP contribution is 2.42. The molecule has 1 aromatic rings. The third-order valence-electron chi connectivity index (χ3n) is 10.1. The molecule has 364 valence electrons. The molecular formula is C46H66O19. The second-order valence-electron chi connectivity index (χ2n) is 16.0. The van der Waals surface area contributed by atoms with Gasteiger partial charge in [-0.15, -0.1) is 0 Å². The summed E-state index contributed by atoms with van der Waals surface area (Å²) in [5.41, 5.74) is 1.07. The predicted octanol–water partition coefficient (Wildman–Crippen LogP) is 5.18. The number of benzene rings is 1. The van der Waals surface area contributed by atoms with Crippen molar-refractivity contribution in [3.8, 4) is 0 Å². The zero-order valence-corrected chi connectivity index (χ0v) is 38.8. The third kappa shape index (κ3) is 21.3. The minimum atomic E-state index is -1.60. The summed E-state index contributed by atoms with van der Waals surface area (Å²) in [5, 5.41) is 11.0. The van der Waals surface area contributed by atoms with E-state index in [0.717, 1.165) is 19.4 Å². The van der Waals surface area contributed by atoms with Gasteiger partial charge < -0.3 is 52.5 Å². The van der Waals surface area contributed by atoms with Gasteiger partial charge in [0, 0.05) is 38.7 Å². The lowest BCUT2D eigenvalue weighted by atomic mass is 9.85. The van der Waals surface area contributed by atoms with E-state index in [9.17, 15) is 43.5 Å². The molecule has 5 unspecified atom stereocenters. The minimum Gasteiger partial charge on any atom is -0.463 e. The van der Waals surface area contributed by atoms with Crippen LogP contribution >= 0.6 is 0 Å². The van der Waals surface area contributed by atoms with E-state index < -0.39 is 96.7 Å². The van der Waals surface area contributed by atoms with Crippen molar-refractivity contribution in [1.82, 2.24) is 0 Å². The number of carbonyl (C=O) groups excluding carboxylic acids is 8. The van der Waals surface area contributed by atoms with Crippen molar-refractivity contribution in [3.05, 3.63) is 48.0 Å². The molecule has 0 heterocycles. The Bertz CT molecular complexity index is 1730. The largest absolute Gasteiger partial charge is 0.509 e. The number of rotatable bonds is 27. The van der Waals surface area contributed by atoms with Gasteiger partial charge in [0.1, 0.15) is 12.2 Å². The molecule has 1 N–H and O–H groups in total. The van der Waals surface area contributed by atoms with Crippen LogP contribution in [0.5, 0.6) is 0 Å². The number of esters is 7. The van der Waals surface area contributed by atoms with Crippen LogP contribution in [0, 0.1) is 11.8 Å². The van der Waals surface area contributed by atoms with Gasteiger partial charge in [0.15, 0.2) is 37.3 Å². The van der Waals surface area contributed by atoms with E-state index in [1.54, 1.807) is 13.8 Å². The molecule has 19 nitrogen and oxygen atoms in total. The molecule has 0 bridgehead atoms. The molecule has 1 saturated carbocycles. The van der Waals surface area contributed by atoms with Crippen molar-refractivity contribution in [2.75, 3.05) is 13.9 Å². The van der Waals surface area contributed by atoms with E-state index in [-0.39, 0.29) is 37.6 Å². The first-order valence-electron chi connectivity index (χ1n) is 21.8. The van der Waals surface area contributed by atoms with Gasteiger partial charge in [-0.25, -0.2) is 28.8 Å². The Kier molecular flexibility index (Phi) is 24.9. The van der Waals surface area contributed by atoms with E-state index in [1.807, 2.05) is 42.5 Å². The average Bonchev–Trinajstić information content (AvgIpc) is 3.55. The maximum absolute atomic E-state index is 13.2. The fraction of sp³-hybridized carbons (Fsp3) is 0.652. The molecule has 0 aromatic heterocycles. The Morgan fingerprint density at radius 1 is 0.662 bits per heavy atom. The number of ether oxygens (including phenoxy) is 10. The number of carbonyl (C=O) groups is 8. The lowest BCUT2D eigenvalue weighted by molar-refractivity contribution is -0.187. The van der Waals surface area contributed by atoms with Gasteiger partial charge in [0.05, 0.1) is 12.2 Å². The molecule has 0 saturated heterocycles. The summed E-state index contributed by atoms with van der Waals surface area (Å²) in [5.74, 6) is -7.02. The zero-order valence-electron chi connectivity index (χ0n) is 38.8. The van der Waals surface area contributed by atoms with Crippen molar-refractivity contribution in [3.63, 3.8) is 0 Å². The molecule has 19 heteroatoms. The van der Waals surface area contributed by atoms with E-state index in [2.05, 4.69) is 9.47 Å². The van der Waals surface area contributed by atoms with Gasteiger partial charge in [-0.2, -0.15) is 0 Å². The van der Waals surface area contributed by atoms with Crippen molar-refractivity contribution in [2.24, 2.45) is 11.8 Å². The smallest absolute Gasteiger partial charge is 0.463 e. The normalized spacial score (nSPS) is 19.7. The third-order valence-corrected chi connectivity index (χ3v) is 10.1. The summed E-state index contributed by atoms with van der Waals surface area (Å²) in [7, 11) is 1.29. The van der Waals surface area contributed by atoms with Crippen LogP contribution in [0.25, 0.3) is 0 Å². The quantitative estimate of drug-likeness (QED) is 0.0392. The monoisotopic (exact) mass is 922 g/mol. The molecule has 0 aliphatic heterocycles. The SMILES string of the molecule is COCOC(=O)C(C)OC(=O)C(C)OC(=O)C(C)OC(=O)C(C)OC(=O)C(C)OC(=O)O[C@@H]1C[C@H](OC(C)=O)[C@H](C/C=C\CCCC(=O)OC(C)C)[C@H]1CC[C@@H](O)CCc1ccccc1. The summed E-state index contributed by atoms with van der Waals surface area (Å²) in [6, 6.07) is 9.71. The summed E-state index contributed by atoms with van der Waals surface area (Å²) >= 11 is 0. The van der Waals surface area contributed by atoms with Gasteiger partial charge in [-0.3, -0.25) is 9.59 Å². The molecule has 1 aromatic carbocycles. The van der Waals surface area contributed by atoms with Crippen LogP contribution in [0.1, 0.15) is 112 Å². The number of allylic oxidation sites excluding steroid dienone is 2. The minimum absolute atomic E-state index is 0.115. The molecule has 65 heavy (non-hydrogen) atoms. The van der Waals surface area contributed by atoms with Crippen molar-refractivity contribution >= 4 is 47.9 Å². The Hall–Kier alpha value is -5.56. The number of methoxy groups -OCH3 is 1. The number of aryl methyl sites for hydroxylation is 1. The van der Waals surface area contributed by atoms with Crippen LogP contribution in [0.15, 0.2) is 42.5 Å². The first-order valence-corrected chi connectivity index (χ1v) is 21.8. The Balaban J connectivity index is 2.03. The van der Waals surface area contributed by atoms with Crippen molar-refractivity contribution in [2.45, 2.75) is 168 Å². The van der Waals surface area contributed by atoms with E-state index in [1.165, 1.54) is 34.8 Å². The number of aliphatic hydroxyl groups is 1. The highest BCUT2D eigenvalue weighted by Gasteiger charge is 2.47. The summed E-state index contributed by atoms with van der Waals surface area (Å²) in [6.45, 7) is 10.4. The second kappa shape index (κ2) is 29.1. The first-order chi connectivity index (χ1) is 30.7. The first kappa shape index (κ1) is 55.6. The molecule has 1 fully saturated rings.